The first kappa shape index (κ1) is 20.1. The fourth-order valence-electron chi connectivity index (χ4n) is 3.65. The van der Waals surface area contributed by atoms with Crippen LogP contribution in [-0.4, -0.2) is 26.7 Å². The molecule has 0 amide bonds. The highest BCUT2D eigenvalue weighted by molar-refractivity contribution is 5.39. The molecule has 0 radical (unpaired) electrons. The molecule has 0 aliphatic heterocycles. The summed E-state index contributed by atoms with van der Waals surface area (Å²) < 4.78 is 9.32. The lowest BCUT2D eigenvalue weighted by Crippen LogP contribution is -2.19. The van der Waals surface area contributed by atoms with Gasteiger partial charge in [0.15, 0.2) is 0 Å². The molecule has 1 atom stereocenters. The Bertz CT molecular complexity index is 937. The van der Waals surface area contributed by atoms with Gasteiger partial charge in [-0.25, -0.2) is 4.68 Å². The van der Waals surface area contributed by atoms with Gasteiger partial charge in [0.05, 0.1) is 24.7 Å². The summed E-state index contributed by atoms with van der Waals surface area (Å²) in [6.45, 7) is 13.6. The van der Waals surface area contributed by atoms with Gasteiger partial charge in [0.2, 0.25) is 0 Å². The molecular weight excluding hydrogens is 350 g/mol. The fourth-order valence-corrected chi connectivity index (χ4v) is 3.65. The SMILES string of the molecule is COc1ccc(-n2ncc(C(C)NCc3c(C)nn(C(C)C)c3C)c2C)cc1. The molecule has 6 nitrogen and oxygen atoms in total. The molecule has 3 rings (SSSR count). The van der Waals surface area contributed by atoms with Gasteiger partial charge in [-0.15, -0.1) is 0 Å². The Morgan fingerprint density at radius 3 is 2.29 bits per heavy atom. The number of hydrogen-bond donors (Lipinski definition) is 1. The normalized spacial score (nSPS) is 12.6. The summed E-state index contributed by atoms with van der Waals surface area (Å²) in [4.78, 5) is 0. The molecule has 6 heteroatoms. The van der Waals surface area contributed by atoms with Gasteiger partial charge in [-0.3, -0.25) is 4.68 Å². The molecule has 2 heterocycles. The van der Waals surface area contributed by atoms with Gasteiger partial charge < -0.3 is 10.1 Å². The van der Waals surface area contributed by atoms with Gasteiger partial charge in [0.1, 0.15) is 5.75 Å². The Morgan fingerprint density at radius 1 is 1.04 bits per heavy atom. The van der Waals surface area contributed by atoms with E-state index in [2.05, 4.69) is 61.7 Å². The van der Waals surface area contributed by atoms with Crippen LogP contribution in [0.1, 0.15) is 61.1 Å². The number of rotatable bonds is 7. The summed E-state index contributed by atoms with van der Waals surface area (Å²) in [7, 11) is 1.67. The molecule has 0 fully saturated rings. The van der Waals surface area contributed by atoms with Crippen LogP contribution in [0.5, 0.6) is 5.75 Å². The monoisotopic (exact) mass is 381 g/mol. The minimum absolute atomic E-state index is 0.188. The lowest BCUT2D eigenvalue weighted by Gasteiger charge is -2.15. The highest BCUT2D eigenvalue weighted by Crippen LogP contribution is 2.23. The zero-order valence-corrected chi connectivity index (χ0v) is 17.9. The highest BCUT2D eigenvalue weighted by Gasteiger charge is 2.17. The average Bonchev–Trinajstić information content (AvgIpc) is 3.20. The second kappa shape index (κ2) is 8.19. The molecule has 3 aromatic rings. The Kier molecular flexibility index (Phi) is 5.89. The number of aromatic nitrogens is 4. The number of nitrogens with zero attached hydrogens (tertiary/aromatic N) is 4. The lowest BCUT2D eigenvalue weighted by molar-refractivity contribution is 0.414. The summed E-state index contributed by atoms with van der Waals surface area (Å²) in [5.41, 5.74) is 6.97. The number of benzene rings is 1. The quantitative estimate of drug-likeness (QED) is 0.658. The molecule has 150 valence electrons. The van der Waals surface area contributed by atoms with Crippen LogP contribution in [0.3, 0.4) is 0 Å². The van der Waals surface area contributed by atoms with Crippen LogP contribution in [0.4, 0.5) is 0 Å². The molecule has 1 aromatic carbocycles. The van der Waals surface area contributed by atoms with Crippen molar-refractivity contribution < 1.29 is 4.74 Å². The minimum atomic E-state index is 0.188. The molecule has 0 bridgehead atoms. The Hall–Kier alpha value is -2.60. The zero-order chi connectivity index (χ0) is 20.4. The lowest BCUT2D eigenvalue weighted by atomic mass is 10.1. The van der Waals surface area contributed by atoms with Crippen molar-refractivity contribution in [3.05, 3.63) is 58.7 Å². The summed E-state index contributed by atoms with van der Waals surface area (Å²) in [6.07, 6.45) is 1.95. The van der Waals surface area contributed by atoms with E-state index in [-0.39, 0.29) is 6.04 Å². The van der Waals surface area contributed by atoms with E-state index in [1.54, 1.807) is 7.11 Å². The summed E-state index contributed by atoms with van der Waals surface area (Å²) >= 11 is 0. The van der Waals surface area contributed by atoms with Crippen LogP contribution < -0.4 is 10.1 Å². The summed E-state index contributed by atoms with van der Waals surface area (Å²) in [5, 5.41) is 12.9. The molecule has 0 spiro atoms. The first-order valence-corrected chi connectivity index (χ1v) is 9.80. The van der Waals surface area contributed by atoms with Gasteiger partial charge in [-0.05, 0) is 65.8 Å². The van der Waals surface area contributed by atoms with Gasteiger partial charge in [-0.1, -0.05) is 0 Å². The van der Waals surface area contributed by atoms with Crippen molar-refractivity contribution in [2.45, 2.75) is 60.2 Å². The molecular formula is C22H31N5O. The van der Waals surface area contributed by atoms with Gasteiger partial charge in [0, 0.05) is 41.1 Å². The van der Waals surface area contributed by atoms with Crippen molar-refractivity contribution in [1.29, 1.82) is 0 Å². The van der Waals surface area contributed by atoms with E-state index in [0.29, 0.717) is 6.04 Å². The molecule has 0 saturated heterocycles. The molecule has 0 saturated carbocycles. The molecule has 28 heavy (non-hydrogen) atoms. The smallest absolute Gasteiger partial charge is 0.119 e. The second-order valence-corrected chi connectivity index (χ2v) is 7.59. The van der Waals surface area contributed by atoms with Gasteiger partial charge in [0.25, 0.3) is 0 Å². The first-order valence-electron chi connectivity index (χ1n) is 9.80. The molecule has 2 aromatic heterocycles. The maximum absolute atomic E-state index is 5.24. The van der Waals surface area contributed by atoms with E-state index in [1.807, 2.05) is 35.1 Å². The average molecular weight is 382 g/mol. The van der Waals surface area contributed by atoms with Crippen molar-refractivity contribution in [3.63, 3.8) is 0 Å². The van der Waals surface area contributed by atoms with E-state index in [1.165, 1.54) is 16.8 Å². The Morgan fingerprint density at radius 2 is 1.71 bits per heavy atom. The van der Waals surface area contributed by atoms with Crippen molar-refractivity contribution in [1.82, 2.24) is 24.9 Å². The Balaban J connectivity index is 1.75. The van der Waals surface area contributed by atoms with Crippen molar-refractivity contribution in [2.24, 2.45) is 0 Å². The standard InChI is InChI=1S/C22H31N5O/c1-14(2)26-17(5)21(16(4)25-26)12-23-15(3)22-13-24-27(18(22)6)19-8-10-20(28-7)11-9-19/h8-11,13-15,23H,12H2,1-7H3. The largest absolute Gasteiger partial charge is 0.497 e. The van der Waals surface area contributed by atoms with Gasteiger partial charge >= 0.3 is 0 Å². The van der Waals surface area contributed by atoms with Gasteiger partial charge in [-0.2, -0.15) is 10.2 Å². The van der Waals surface area contributed by atoms with Crippen LogP contribution in [0.15, 0.2) is 30.5 Å². The highest BCUT2D eigenvalue weighted by atomic mass is 16.5. The van der Waals surface area contributed by atoms with Crippen molar-refractivity contribution in [2.75, 3.05) is 7.11 Å². The van der Waals surface area contributed by atoms with Crippen LogP contribution >= 0.6 is 0 Å². The van der Waals surface area contributed by atoms with E-state index in [4.69, 9.17) is 4.74 Å². The number of hydrogen-bond acceptors (Lipinski definition) is 4. The third-order valence-electron chi connectivity index (χ3n) is 5.38. The summed E-state index contributed by atoms with van der Waals surface area (Å²) in [5.74, 6) is 0.844. The predicted molar refractivity (Wildman–Crippen MR) is 112 cm³/mol. The summed E-state index contributed by atoms with van der Waals surface area (Å²) in [6, 6.07) is 8.51. The number of methoxy groups -OCH3 is 1. The van der Waals surface area contributed by atoms with E-state index >= 15 is 0 Å². The van der Waals surface area contributed by atoms with E-state index in [9.17, 15) is 0 Å². The van der Waals surface area contributed by atoms with Crippen LogP contribution in [-0.2, 0) is 6.54 Å². The third-order valence-corrected chi connectivity index (χ3v) is 5.38. The molecule has 1 unspecified atom stereocenters. The minimum Gasteiger partial charge on any atom is -0.497 e. The molecule has 0 aliphatic rings. The first-order chi connectivity index (χ1) is 13.3. The maximum Gasteiger partial charge on any atom is 0.119 e. The van der Waals surface area contributed by atoms with Crippen LogP contribution in [0.2, 0.25) is 0 Å². The maximum atomic E-state index is 5.24. The number of nitrogens with one attached hydrogen (secondary N) is 1. The van der Waals surface area contributed by atoms with E-state index in [0.717, 1.165) is 29.4 Å². The van der Waals surface area contributed by atoms with Crippen LogP contribution in [0, 0.1) is 20.8 Å². The predicted octanol–water partition coefficient (Wildman–Crippen LogP) is 4.43. The second-order valence-electron chi connectivity index (χ2n) is 7.59. The van der Waals surface area contributed by atoms with Crippen molar-refractivity contribution >= 4 is 0 Å². The van der Waals surface area contributed by atoms with Crippen LogP contribution in [0.25, 0.3) is 5.69 Å². The zero-order valence-electron chi connectivity index (χ0n) is 17.9. The molecule has 0 aliphatic carbocycles. The topological polar surface area (TPSA) is 56.9 Å². The fraction of sp³-hybridized carbons (Fsp3) is 0.455. The number of ether oxygens (including phenoxy) is 1. The molecule has 1 N–H and O–H groups in total. The van der Waals surface area contributed by atoms with Crippen molar-refractivity contribution in [3.8, 4) is 11.4 Å². The number of aryl methyl sites for hydroxylation is 1. The Labute approximate surface area is 167 Å². The van der Waals surface area contributed by atoms with E-state index < -0.39 is 0 Å². The third kappa shape index (κ3) is 3.83.